The lowest BCUT2D eigenvalue weighted by Crippen LogP contribution is -2.59. The van der Waals surface area contributed by atoms with E-state index in [2.05, 4.69) is 18.1 Å². The van der Waals surface area contributed by atoms with Gasteiger partial charge in [-0.05, 0) is 45.4 Å². The first-order chi connectivity index (χ1) is 19.3. The van der Waals surface area contributed by atoms with Gasteiger partial charge in [0, 0.05) is 32.7 Å². The maximum Gasteiger partial charge on any atom is 0.312 e. The highest BCUT2D eigenvalue weighted by atomic mass is 16.6. The minimum atomic E-state index is -1.14. The Bertz CT molecular complexity index is 950. The van der Waals surface area contributed by atoms with E-state index in [1.807, 2.05) is 19.9 Å². The molecule has 224 valence electrons. The molecule has 0 aromatic heterocycles. The highest BCUT2D eigenvalue weighted by molar-refractivity contribution is 5.98. The number of fused-ring (bicyclic) bond motifs is 1. The second kappa shape index (κ2) is 13.1. The van der Waals surface area contributed by atoms with Gasteiger partial charge < -0.3 is 29.1 Å². The van der Waals surface area contributed by atoms with E-state index in [0.717, 1.165) is 25.9 Å². The average Bonchev–Trinajstić information content (AvgIpc) is 3.52. The number of likely N-dealkylation sites (tertiary alicyclic amines) is 1. The molecule has 2 unspecified atom stereocenters. The topological polar surface area (TPSA) is 109 Å². The molecule has 10 nitrogen and oxygen atoms in total. The Morgan fingerprint density at radius 3 is 2.62 bits per heavy atom. The number of carbonyl (C=O) groups is 3. The molecule has 4 rings (SSSR count). The first kappa shape index (κ1) is 30.7. The Hall–Kier alpha value is -2.27. The molecule has 6 atom stereocenters. The third kappa shape index (κ3) is 5.60. The van der Waals surface area contributed by atoms with Gasteiger partial charge in [0.05, 0.1) is 44.0 Å². The van der Waals surface area contributed by atoms with Gasteiger partial charge >= 0.3 is 5.97 Å². The maximum atomic E-state index is 14.4. The summed E-state index contributed by atoms with van der Waals surface area (Å²) in [6, 6.07) is -1.49. The number of amides is 2. The van der Waals surface area contributed by atoms with Gasteiger partial charge in [0.25, 0.3) is 0 Å². The minimum absolute atomic E-state index is 0.224. The van der Waals surface area contributed by atoms with Gasteiger partial charge in [-0.15, -0.1) is 13.2 Å². The van der Waals surface area contributed by atoms with Gasteiger partial charge in [-0.2, -0.15) is 0 Å². The van der Waals surface area contributed by atoms with Crippen molar-refractivity contribution >= 4 is 17.8 Å². The maximum absolute atomic E-state index is 14.4. The monoisotopic (exact) mass is 561 g/mol. The van der Waals surface area contributed by atoms with Crippen LogP contribution in [0, 0.1) is 11.8 Å². The predicted octanol–water partition coefficient (Wildman–Crippen LogP) is 1.77. The number of rotatable bonds is 15. The molecule has 2 bridgehead atoms. The summed E-state index contributed by atoms with van der Waals surface area (Å²) in [5.41, 5.74) is -2.03. The van der Waals surface area contributed by atoms with Crippen LogP contribution < -0.4 is 0 Å². The molecule has 2 amide bonds. The van der Waals surface area contributed by atoms with E-state index in [0.29, 0.717) is 58.5 Å². The quantitative estimate of drug-likeness (QED) is 0.183. The van der Waals surface area contributed by atoms with Crippen molar-refractivity contribution in [2.24, 2.45) is 11.8 Å². The number of esters is 1. The largest absolute Gasteiger partial charge is 0.465 e. The number of allylic oxidation sites excluding steroid dienone is 1. The Balaban J connectivity index is 1.62. The standard InChI is InChI=1S/C30H47N3O7/c1-5-8-9-10-18-39-28(37)24-23-26(35)33(22(7-3)21-34)25(30(23)12-11-29(24,4)40-30)27(36)32(13-6-2)15-14-31-16-19-38-20-17-31/h5-6,22-25,34H,1-2,7-21H2,3-4H3/t22-,23-,24+,25?,29-,30?/m0/s1. The number of morpholine rings is 1. The summed E-state index contributed by atoms with van der Waals surface area (Å²) in [5, 5.41) is 10.3. The summed E-state index contributed by atoms with van der Waals surface area (Å²) in [5.74, 6) is -2.60. The summed E-state index contributed by atoms with van der Waals surface area (Å²) < 4.78 is 17.8. The number of unbranched alkanes of at least 4 members (excludes halogenated alkanes) is 2. The van der Waals surface area contributed by atoms with Crippen LogP contribution >= 0.6 is 0 Å². The highest BCUT2D eigenvalue weighted by Gasteiger charge is 2.79. The van der Waals surface area contributed by atoms with Crippen LogP contribution in [-0.4, -0.2) is 120 Å². The van der Waals surface area contributed by atoms with Crippen molar-refractivity contribution in [1.29, 1.82) is 0 Å². The highest BCUT2D eigenvalue weighted by Crippen LogP contribution is 2.63. The number of nitrogens with zero attached hydrogens (tertiary/aromatic N) is 3. The van der Waals surface area contributed by atoms with Crippen molar-refractivity contribution in [3.63, 3.8) is 0 Å². The fourth-order valence-electron chi connectivity index (χ4n) is 7.17. The molecular formula is C30H47N3O7. The van der Waals surface area contributed by atoms with Gasteiger partial charge in [-0.3, -0.25) is 19.3 Å². The van der Waals surface area contributed by atoms with Crippen molar-refractivity contribution in [1.82, 2.24) is 14.7 Å². The van der Waals surface area contributed by atoms with E-state index in [4.69, 9.17) is 14.2 Å². The molecule has 10 heteroatoms. The van der Waals surface area contributed by atoms with Crippen molar-refractivity contribution in [2.45, 2.75) is 75.7 Å². The molecule has 4 aliphatic rings. The summed E-state index contributed by atoms with van der Waals surface area (Å²) in [6.07, 6.45) is 7.46. The Labute approximate surface area is 238 Å². The van der Waals surface area contributed by atoms with Crippen molar-refractivity contribution < 1.29 is 33.7 Å². The van der Waals surface area contributed by atoms with Crippen LogP contribution in [0.25, 0.3) is 0 Å². The number of hydrogen-bond donors (Lipinski definition) is 1. The van der Waals surface area contributed by atoms with Gasteiger partial charge in [-0.1, -0.05) is 19.1 Å². The molecule has 4 saturated heterocycles. The second-order valence-corrected chi connectivity index (χ2v) is 11.7. The summed E-state index contributed by atoms with van der Waals surface area (Å²) >= 11 is 0. The average molecular weight is 562 g/mol. The first-order valence-corrected chi connectivity index (χ1v) is 14.9. The molecule has 1 spiro atoms. The minimum Gasteiger partial charge on any atom is -0.465 e. The Kier molecular flexibility index (Phi) is 10.1. The fourth-order valence-corrected chi connectivity index (χ4v) is 7.17. The fraction of sp³-hybridized carbons (Fsp3) is 0.767. The molecule has 4 fully saturated rings. The van der Waals surface area contributed by atoms with E-state index >= 15 is 0 Å². The third-order valence-electron chi connectivity index (χ3n) is 9.28. The molecule has 40 heavy (non-hydrogen) atoms. The Morgan fingerprint density at radius 1 is 1.23 bits per heavy atom. The zero-order valence-electron chi connectivity index (χ0n) is 24.2. The number of aliphatic hydroxyl groups is 1. The molecule has 4 heterocycles. The SMILES string of the molecule is C=CCCCCOC(=O)[C@H]1[C@H]2C(=O)N([C@@H](CC)CO)C(C(=O)N(CC=C)CCN3CCOCC3)C23CC[C@]1(C)O3. The molecule has 0 saturated carbocycles. The lowest BCUT2D eigenvalue weighted by Gasteiger charge is -2.39. The second-order valence-electron chi connectivity index (χ2n) is 11.7. The van der Waals surface area contributed by atoms with Crippen LogP contribution in [0.15, 0.2) is 25.3 Å². The Morgan fingerprint density at radius 2 is 1.98 bits per heavy atom. The number of carbonyl (C=O) groups excluding carboxylic acids is 3. The van der Waals surface area contributed by atoms with E-state index in [1.165, 1.54) is 4.90 Å². The van der Waals surface area contributed by atoms with Gasteiger partial charge in [0.15, 0.2) is 0 Å². The number of ether oxygens (including phenoxy) is 3. The smallest absolute Gasteiger partial charge is 0.312 e. The van der Waals surface area contributed by atoms with Crippen LogP contribution in [-0.2, 0) is 28.6 Å². The van der Waals surface area contributed by atoms with E-state index < -0.39 is 41.1 Å². The van der Waals surface area contributed by atoms with Crippen LogP contribution in [0.4, 0.5) is 0 Å². The van der Waals surface area contributed by atoms with E-state index in [1.54, 1.807) is 11.0 Å². The zero-order chi connectivity index (χ0) is 28.9. The lowest BCUT2D eigenvalue weighted by molar-refractivity contribution is -0.162. The van der Waals surface area contributed by atoms with Gasteiger partial charge in [0.1, 0.15) is 17.6 Å². The van der Waals surface area contributed by atoms with Crippen LogP contribution in [0.5, 0.6) is 0 Å². The number of aliphatic hydroxyl groups excluding tert-OH is 1. The zero-order valence-corrected chi connectivity index (χ0v) is 24.2. The molecule has 0 aliphatic carbocycles. The first-order valence-electron chi connectivity index (χ1n) is 14.9. The third-order valence-corrected chi connectivity index (χ3v) is 9.28. The summed E-state index contributed by atoms with van der Waals surface area (Å²) in [4.78, 5) is 47.7. The van der Waals surface area contributed by atoms with Gasteiger partial charge in [-0.25, -0.2) is 0 Å². The molecule has 1 N–H and O–H groups in total. The lowest BCUT2D eigenvalue weighted by atomic mass is 9.66. The molecule has 0 radical (unpaired) electrons. The van der Waals surface area contributed by atoms with Crippen LogP contribution in [0.2, 0.25) is 0 Å². The number of hydrogen-bond acceptors (Lipinski definition) is 8. The summed E-state index contributed by atoms with van der Waals surface area (Å²) in [7, 11) is 0. The van der Waals surface area contributed by atoms with E-state index in [-0.39, 0.29) is 25.0 Å². The van der Waals surface area contributed by atoms with Crippen molar-refractivity contribution in [2.75, 3.05) is 59.2 Å². The van der Waals surface area contributed by atoms with Gasteiger partial charge in [0.2, 0.25) is 11.8 Å². The van der Waals surface area contributed by atoms with Crippen molar-refractivity contribution in [3.05, 3.63) is 25.3 Å². The molecule has 4 aliphatic heterocycles. The molecule has 0 aromatic carbocycles. The van der Waals surface area contributed by atoms with E-state index in [9.17, 15) is 19.5 Å². The molecule has 0 aromatic rings. The normalized spacial score (nSPS) is 32.1. The van der Waals surface area contributed by atoms with Crippen LogP contribution in [0.3, 0.4) is 0 Å². The summed E-state index contributed by atoms with van der Waals surface area (Å²) in [6.45, 7) is 15.7. The van der Waals surface area contributed by atoms with Crippen LogP contribution in [0.1, 0.15) is 52.4 Å². The predicted molar refractivity (Wildman–Crippen MR) is 149 cm³/mol. The van der Waals surface area contributed by atoms with Crippen molar-refractivity contribution in [3.8, 4) is 0 Å². The molecular weight excluding hydrogens is 514 g/mol.